The van der Waals surface area contributed by atoms with Crippen LogP contribution in [0.5, 0.6) is 0 Å². The molecule has 0 saturated carbocycles. The molecule has 2 amide bonds. The second-order valence-corrected chi connectivity index (χ2v) is 6.29. The predicted octanol–water partition coefficient (Wildman–Crippen LogP) is 2.10. The molecule has 2 heterocycles. The van der Waals surface area contributed by atoms with Crippen molar-refractivity contribution in [3.8, 4) is 0 Å². The molecule has 0 radical (unpaired) electrons. The molecule has 4 nitrogen and oxygen atoms in total. The van der Waals surface area contributed by atoms with Crippen molar-refractivity contribution in [1.29, 1.82) is 0 Å². The predicted molar refractivity (Wildman–Crippen MR) is 81.1 cm³/mol. The first kappa shape index (κ1) is 14.4. The van der Waals surface area contributed by atoms with E-state index in [2.05, 4.69) is 0 Å². The van der Waals surface area contributed by atoms with Gasteiger partial charge in [0.05, 0.1) is 6.42 Å². The van der Waals surface area contributed by atoms with E-state index < -0.39 is 0 Å². The van der Waals surface area contributed by atoms with Crippen molar-refractivity contribution in [2.24, 2.45) is 0 Å². The first-order valence-electron chi connectivity index (χ1n) is 7.40. The molecule has 0 spiro atoms. The number of benzene rings is 1. The number of halogens is 1. The average molecular weight is 307 g/mol. The van der Waals surface area contributed by atoms with Crippen LogP contribution in [0, 0.1) is 0 Å². The van der Waals surface area contributed by atoms with Crippen molar-refractivity contribution in [1.82, 2.24) is 9.80 Å². The minimum absolute atomic E-state index is 0.0183. The van der Waals surface area contributed by atoms with E-state index >= 15 is 0 Å². The lowest BCUT2D eigenvalue weighted by atomic mass is 10.0. The van der Waals surface area contributed by atoms with Gasteiger partial charge in [-0.1, -0.05) is 23.7 Å². The summed E-state index contributed by atoms with van der Waals surface area (Å²) in [6, 6.07) is 7.15. The molecule has 0 aliphatic carbocycles. The highest BCUT2D eigenvalue weighted by Gasteiger charge is 2.41. The second kappa shape index (κ2) is 5.68. The summed E-state index contributed by atoms with van der Waals surface area (Å²) >= 11 is 5.85. The van der Waals surface area contributed by atoms with Crippen LogP contribution in [-0.4, -0.2) is 46.8 Å². The Hall–Kier alpha value is -1.55. The molecule has 2 atom stereocenters. The van der Waals surface area contributed by atoms with Crippen LogP contribution in [-0.2, 0) is 16.0 Å². The zero-order valence-corrected chi connectivity index (χ0v) is 12.8. The van der Waals surface area contributed by atoms with Crippen molar-refractivity contribution in [3.05, 3.63) is 34.9 Å². The minimum atomic E-state index is -0.348. The van der Waals surface area contributed by atoms with E-state index in [-0.39, 0.29) is 23.9 Å². The molecule has 0 aromatic heterocycles. The number of carbonyl (C=O) groups is 2. The van der Waals surface area contributed by atoms with Gasteiger partial charge >= 0.3 is 0 Å². The van der Waals surface area contributed by atoms with E-state index in [4.69, 9.17) is 11.6 Å². The van der Waals surface area contributed by atoms with E-state index in [1.807, 2.05) is 24.0 Å². The third kappa shape index (κ3) is 2.77. The molecule has 3 rings (SSSR count). The monoisotopic (exact) mass is 306 g/mol. The Balaban J connectivity index is 1.71. The molecule has 21 heavy (non-hydrogen) atoms. The quantitative estimate of drug-likeness (QED) is 0.839. The summed E-state index contributed by atoms with van der Waals surface area (Å²) < 4.78 is 0. The molecule has 0 bridgehead atoms. The van der Waals surface area contributed by atoms with Crippen molar-refractivity contribution >= 4 is 23.4 Å². The topological polar surface area (TPSA) is 40.6 Å². The van der Waals surface area contributed by atoms with Crippen molar-refractivity contribution in [3.63, 3.8) is 0 Å². The molecule has 1 aromatic rings. The van der Waals surface area contributed by atoms with Gasteiger partial charge in [0.25, 0.3) is 0 Å². The van der Waals surface area contributed by atoms with Crippen LogP contribution in [0.3, 0.4) is 0 Å². The van der Waals surface area contributed by atoms with Gasteiger partial charge < -0.3 is 9.80 Å². The maximum Gasteiger partial charge on any atom is 0.245 e. The minimum Gasteiger partial charge on any atom is -0.336 e. The molecular weight excluding hydrogens is 288 g/mol. The standard InChI is InChI=1S/C16H19ClN2O2/c1-11-16(21)18-8-2-3-14(18)10-19(11)15(20)9-12-4-6-13(17)7-5-12/h4-7,11,14H,2-3,8-10H2,1H3/t11-,14+/m1/s1. The highest BCUT2D eigenvalue weighted by atomic mass is 35.5. The number of piperazine rings is 1. The van der Waals surface area contributed by atoms with Gasteiger partial charge in [-0.25, -0.2) is 0 Å². The van der Waals surface area contributed by atoms with Crippen LogP contribution in [0.2, 0.25) is 5.02 Å². The van der Waals surface area contributed by atoms with Gasteiger partial charge in [0.2, 0.25) is 11.8 Å². The molecule has 2 aliphatic rings. The van der Waals surface area contributed by atoms with Gasteiger partial charge in [-0.3, -0.25) is 9.59 Å². The first-order valence-corrected chi connectivity index (χ1v) is 7.78. The lowest BCUT2D eigenvalue weighted by Gasteiger charge is -2.41. The Bertz CT molecular complexity index is 558. The lowest BCUT2D eigenvalue weighted by Crippen LogP contribution is -2.60. The highest BCUT2D eigenvalue weighted by molar-refractivity contribution is 6.30. The third-order valence-electron chi connectivity index (χ3n) is 4.48. The van der Waals surface area contributed by atoms with Crippen LogP contribution in [0.4, 0.5) is 0 Å². The molecule has 112 valence electrons. The fourth-order valence-electron chi connectivity index (χ4n) is 3.27. The van der Waals surface area contributed by atoms with Crippen LogP contribution in [0.1, 0.15) is 25.3 Å². The lowest BCUT2D eigenvalue weighted by molar-refractivity contribution is -0.152. The maximum atomic E-state index is 12.5. The van der Waals surface area contributed by atoms with Crippen LogP contribution >= 0.6 is 11.6 Å². The Morgan fingerprint density at radius 3 is 2.76 bits per heavy atom. The number of fused-ring (bicyclic) bond motifs is 1. The van der Waals surface area contributed by atoms with E-state index in [1.54, 1.807) is 17.0 Å². The van der Waals surface area contributed by atoms with E-state index in [0.29, 0.717) is 18.0 Å². The summed E-state index contributed by atoms with van der Waals surface area (Å²) in [4.78, 5) is 28.5. The molecule has 5 heteroatoms. The van der Waals surface area contributed by atoms with Gasteiger partial charge in [-0.05, 0) is 37.5 Å². The van der Waals surface area contributed by atoms with Crippen LogP contribution < -0.4 is 0 Å². The van der Waals surface area contributed by atoms with E-state index in [9.17, 15) is 9.59 Å². The Morgan fingerprint density at radius 1 is 1.33 bits per heavy atom. The summed E-state index contributed by atoms with van der Waals surface area (Å²) in [7, 11) is 0. The SMILES string of the molecule is C[C@@H]1C(=O)N2CCC[C@H]2CN1C(=O)Cc1ccc(Cl)cc1. The van der Waals surface area contributed by atoms with Crippen molar-refractivity contribution < 1.29 is 9.59 Å². The third-order valence-corrected chi connectivity index (χ3v) is 4.73. The van der Waals surface area contributed by atoms with Crippen molar-refractivity contribution in [2.75, 3.05) is 13.1 Å². The Labute approximate surface area is 129 Å². The smallest absolute Gasteiger partial charge is 0.245 e. The number of hydrogen-bond donors (Lipinski definition) is 0. The Morgan fingerprint density at radius 2 is 2.05 bits per heavy atom. The van der Waals surface area contributed by atoms with E-state index in [0.717, 1.165) is 24.9 Å². The van der Waals surface area contributed by atoms with Gasteiger partial charge in [0.15, 0.2) is 0 Å². The first-order chi connectivity index (χ1) is 10.1. The summed E-state index contributed by atoms with van der Waals surface area (Å²) in [5.74, 6) is 0.109. The molecule has 0 unspecified atom stereocenters. The highest BCUT2D eigenvalue weighted by Crippen LogP contribution is 2.26. The van der Waals surface area contributed by atoms with Gasteiger partial charge in [0, 0.05) is 24.2 Å². The van der Waals surface area contributed by atoms with Gasteiger partial charge in [0.1, 0.15) is 6.04 Å². The van der Waals surface area contributed by atoms with Crippen molar-refractivity contribution in [2.45, 2.75) is 38.3 Å². The zero-order valence-electron chi connectivity index (χ0n) is 12.1. The molecule has 2 saturated heterocycles. The second-order valence-electron chi connectivity index (χ2n) is 5.85. The number of carbonyl (C=O) groups excluding carboxylic acids is 2. The molecule has 2 aliphatic heterocycles. The Kier molecular flexibility index (Phi) is 3.89. The zero-order chi connectivity index (χ0) is 15.0. The molecular formula is C16H19ClN2O2. The normalized spacial score (nSPS) is 25.1. The van der Waals surface area contributed by atoms with E-state index in [1.165, 1.54) is 0 Å². The maximum absolute atomic E-state index is 12.5. The molecule has 1 aromatic carbocycles. The number of hydrogen-bond acceptors (Lipinski definition) is 2. The summed E-state index contributed by atoms with van der Waals surface area (Å²) in [5.41, 5.74) is 0.929. The molecule has 2 fully saturated rings. The fraction of sp³-hybridized carbons (Fsp3) is 0.500. The summed E-state index contributed by atoms with van der Waals surface area (Å²) in [6.45, 7) is 3.34. The summed E-state index contributed by atoms with van der Waals surface area (Å²) in [6.07, 6.45) is 2.37. The fourth-order valence-corrected chi connectivity index (χ4v) is 3.40. The summed E-state index contributed by atoms with van der Waals surface area (Å²) in [5, 5.41) is 0.661. The van der Waals surface area contributed by atoms with Gasteiger partial charge in [-0.15, -0.1) is 0 Å². The van der Waals surface area contributed by atoms with Crippen LogP contribution in [0.15, 0.2) is 24.3 Å². The number of amides is 2. The number of nitrogens with zero attached hydrogens (tertiary/aromatic N) is 2. The largest absolute Gasteiger partial charge is 0.336 e. The average Bonchev–Trinajstić information content (AvgIpc) is 2.94. The van der Waals surface area contributed by atoms with Crippen LogP contribution in [0.25, 0.3) is 0 Å². The van der Waals surface area contributed by atoms with Gasteiger partial charge in [-0.2, -0.15) is 0 Å². The number of rotatable bonds is 2. The molecule has 0 N–H and O–H groups in total.